The highest BCUT2D eigenvalue weighted by molar-refractivity contribution is 5.84. The number of piperidine rings is 1. The fourth-order valence-electron chi connectivity index (χ4n) is 5.24. The molecule has 1 aromatic carbocycles. The molecule has 0 aromatic heterocycles. The maximum atomic E-state index is 13.1. The molecule has 1 saturated carbocycles. The fraction of sp³-hybridized carbons (Fsp3) is 0.720. The molecule has 1 saturated heterocycles. The Morgan fingerprint density at radius 1 is 1.07 bits per heavy atom. The maximum Gasteiger partial charge on any atom is 0.228 e. The van der Waals surface area contributed by atoms with Gasteiger partial charge in [0, 0.05) is 24.5 Å². The molecule has 0 bridgehead atoms. The van der Waals surface area contributed by atoms with Crippen LogP contribution in [0, 0.1) is 11.3 Å². The highest BCUT2D eigenvalue weighted by atomic mass is 16.2. The number of benzene rings is 1. The first kappa shape index (κ1) is 20.9. The summed E-state index contributed by atoms with van der Waals surface area (Å²) in [6, 6.07) is 9.65. The molecule has 1 amide bonds. The van der Waals surface area contributed by atoms with Crippen LogP contribution >= 0.6 is 0 Å². The summed E-state index contributed by atoms with van der Waals surface area (Å²) in [5.74, 6) is 1.09. The van der Waals surface area contributed by atoms with Crippen molar-refractivity contribution in [2.24, 2.45) is 11.3 Å². The summed E-state index contributed by atoms with van der Waals surface area (Å²) < 4.78 is 0. The molecule has 0 atom stereocenters. The number of carbonyl (C=O) groups is 1. The number of amides is 1. The van der Waals surface area contributed by atoms with E-state index in [0.29, 0.717) is 17.9 Å². The van der Waals surface area contributed by atoms with Crippen molar-refractivity contribution in [3.8, 4) is 0 Å². The molecule has 1 aromatic rings. The molecule has 0 unspecified atom stereocenters. The summed E-state index contributed by atoms with van der Waals surface area (Å²) >= 11 is 0. The van der Waals surface area contributed by atoms with Gasteiger partial charge < -0.3 is 9.80 Å². The van der Waals surface area contributed by atoms with E-state index >= 15 is 0 Å². The number of fused-ring (bicyclic) bond motifs is 1. The van der Waals surface area contributed by atoms with Gasteiger partial charge in [0.05, 0.1) is 0 Å². The first-order chi connectivity index (χ1) is 13.9. The van der Waals surface area contributed by atoms with Gasteiger partial charge >= 0.3 is 0 Å². The largest absolute Gasteiger partial charge is 0.342 e. The summed E-state index contributed by atoms with van der Waals surface area (Å²) in [5, 5.41) is 0. The van der Waals surface area contributed by atoms with Gasteiger partial charge in [0.15, 0.2) is 0 Å². The normalized spacial score (nSPS) is 22.1. The van der Waals surface area contributed by atoms with Crippen LogP contribution in [0.5, 0.6) is 0 Å². The molecule has 4 nitrogen and oxygen atoms in total. The summed E-state index contributed by atoms with van der Waals surface area (Å²) in [5.41, 5.74) is 3.05. The van der Waals surface area contributed by atoms with Gasteiger partial charge in [0.25, 0.3) is 0 Å². The van der Waals surface area contributed by atoms with Crippen molar-refractivity contribution in [2.45, 2.75) is 57.9 Å². The minimum absolute atomic E-state index is 0.0472. The molecule has 4 heteroatoms. The molecule has 1 aliphatic heterocycles. The van der Waals surface area contributed by atoms with Gasteiger partial charge in [-0.2, -0.15) is 0 Å². The Labute approximate surface area is 177 Å². The fourth-order valence-corrected chi connectivity index (χ4v) is 5.24. The molecule has 0 spiro atoms. The summed E-state index contributed by atoms with van der Waals surface area (Å²) in [6.45, 7) is 7.50. The third-order valence-corrected chi connectivity index (χ3v) is 7.51. The molecule has 160 valence electrons. The lowest BCUT2D eigenvalue weighted by atomic mass is 9.94. The van der Waals surface area contributed by atoms with Crippen molar-refractivity contribution < 1.29 is 4.79 Å². The zero-order chi connectivity index (χ0) is 20.4. The molecule has 2 fully saturated rings. The summed E-state index contributed by atoms with van der Waals surface area (Å²) in [7, 11) is 4.23. The molecule has 0 N–H and O–H groups in total. The van der Waals surface area contributed by atoms with E-state index in [1.807, 2.05) is 0 Å². The molecule has 0 radical (unpaired) electrons. The third kappa shape index (κ3) is 5.03. The van der Waals surface area contributed by atoms with Gasteiger partial charge in [0.2, 0.25) is 5.91 Å². The standard InChI is InChI=1S/C25H39N3O/c1-25(11-12-25)24(29)28(14-6-13-26(2)3)19-20-9-15-27(16-10-20)23-17-21-7-4-5-8-22(21)18-23/h4-5,7-8,20,23H,6,9-19H2,1-3H3. The lowest BCUT2D eigenvalue weighted by molar-refractivity contribution is -0.137. The van der Waals surface area contributed by atoms with Gasteiger partial charge in [-0.15, -0.1) is 0 Å². The van der Waals surface area contributed by atoms with E-state index in [1.54, 1.807) is 11.1 Å². The van der Waals surface area contributed by atoms with Crippen LogP contribution in [0.15, 0.2) is 24.3 Å². The Balaban J connectivity index is 1.28. The Kier molecular flexibility index (Phi) is 6.31. The SMILES string of the molecule is CN(C)CCCN(CC1CCN(C2Cc3ccccc3C2)CC1)C(=O)C1(C)CC1. The zero-order valence-corrected chi connectivity index (χ0v) is 18.7. The van der Waals surface area contributed by atoms with E-state index < -0.39 is 0 Å². The first-order valence-corrected chi connectivity index (χ1v) is 11.7. The number of rotatable bonds is 8. The Morgan fingerprint density at radius 3 is 2.24 bits per heavy atom. The van der Waals surface area contributed by atoms with Crippen molar-refractivity contribution in [3.63, 3.8) is 0 Å². The predicted octanol–water partition coefficient (Wildman–Crippen LogP) is 3.45. The number of hydrogen-bond acceptors (Lipinski definition) is 3. The van der Waals surface area contributed by atoms with Gasteiger partial charge in [-0.05, 0) is 95.7 Å². The number of likely N-dealkylation sites (tertiary alicyclic amines) is 1. The van der Waals surface area contributed by atoms with Crippen LogP contribution in [0.3, 0.4) is 0 Å². The van der Waals surface area contributed by atoms with Crippen molar-refractivity contribution in [3.05, 3.63) is 35.4 Å². The van der Waals surface area contributed by atoms with Crippen LogP contribution < -0.4 is 0 Å². The molecular formula is C25H39N3O. The molecule has 2 aliphatic carbocycles. The van der Waals surface area contributed by atoms with Gasteiger partial charge in [-0.25, -0.2) is 0 Å². The van der Waals surface area contributed by atoms with Crippen molar-refractivity contribution in [2.75, 3.05) is 46.8 Å². The third-order valence-electron chi connectivity index (χ3n) is 7.51. The molecular weight excluding hydrogens is 358 g/mol. The van der Waals surface area contributed by atoms with Gasteiger partial charge in [0.1, 0.15) is 0 Å². The first-order valence-electron chi connectivity index (χ1n) is 11.7. The van der Waals surface area contributed by atoms with Crippen LogP contribution in [0.4, 0.5) is 0 Å². The molecule has 1 heterocycles. The van der Waals surface area contributed by atoms with Crippen LogP contribution in [0.1, 0.15) is 50.2 Å². The minimum atomic E-state index is -0.0472. The maximum absolute atomic E-state index is 13.1. The lowest BCUT2D eigenvalue weighted by Crippen LogP contribution is -2.46. The van der Waals surface area contributed by atoms with Gasteiger partial charge in [-0.1, -0.05) is 31.2 Å². The molecule has 4 rings (SSSR count). The second-order valence-electron chi connectivity index (χ2n) is 10.3. The minimum Gasteiger partial charge on any atom is -0.342 e. The quantitative estimate of drug-likeness (QED) is 0.672. The Morgan fingerprint density at radius 2 is 1.69 bits per heavy atom. The second-order valence-corrected chi connectivity index (χ2v) is 10.3. The van der Waals surface area contributed by atoms with E-state index in [1.165, 1.54) is 38.8 Å². The Hall–Kier alpha value is -1.39. The number of carbonyl (C=O) groups excluding carboxylic acids is 1. The highest BCUT2D eigenvalue weighted by Gasteiger charge is 2.47. The monoisotopic (exact) mass is 397 g/mol. The van der Waals surface area contributed by atoms with E-state index in [-0.39, 0.29) is 5.41 Å². The summed E-state index contributed by atoms with van der Waals surface area (Å²) in [6.07, 6.45) is 8.14. The van der Waals surface area contributed by atoms with Crippen LogP contribution in [-0.2, 0) is 17.6 Å². The molecule has 3 aliphatic rings. The van der Waals surface area contributed by atoms with Crippen molar-refractivity contribution in [1.29, 1.82) is 0 Å². The van der Waals surface area contributed by atoms with E-state index in [9.17, 15) is 4.79 Å². The van der Waals surface area contributed by atoms with Crippen molar-refractivity contribution in [1.82, 2.24) is 14.7 Å². The lowest BCUT2D eigenvalue weighted by Gasteiger charge is -2.38. The van der Waals surface area contributed by atoms with Crippen molar-refractivity contribution >= 4 is 5.91 Å². The zero-order valence-electron chi connectivity index (χ0n) is 18.7. The van der Waals surface area contributed by atoms with Crippen LogP contribution in [-0.4, -0.2) is 73.5 Å². The van der Waals surface area contributed by atoms with Gasteiger partial charge in [-0.3, -0.25) is 9.69 Å². The number of nitrogens with zero attached hydrogens (tertiary/aromatic N) is 3. The van der Waals surface area contributed by atoms with E-state index in [0.717, 1.165) is 38.9 Å². The average Bonchev–Trinajstić information content (AvgIpc) is 3.31. The second kappa shape index (κ2) is 8.77. The summed E-state index contributed by atoms with van der Waals surface area (Å²) in [4.78, 5) is 20.2. The van der Waals surface area contributed by atoms with Crippen LogP contribution in [0.25, 0.3) is 0 Å². The predicted molar refractivity (Wildman–Crippen MR) is 119 cm³/mol. The van der Waals surface area contributed by atoms with Crippen LogP contribution in [0.2, 0.25) is 0 Å². The highest BCUT2D eigenvalue weighted by Crippen LogP contribution is 2.46. The molecule has 29 heavy (non-hydrogen) atoms. The number of hydrogen-bond donors (Lipinski definition) is 0. The smallest absolute Gasteiger partial charge is 0.228 e. The topological polar surface area (TPSA) is 26.8 Å². The Bertz CT molecular complexity index is 679. The van der Waals surface area contributed by atoms with E-state index in [4.69, 9.17) is 0 Å². The van der Waals surface area contributed by atoms with E-state index in [2.05, 4.69) is 60.0 Å². The average molecular weight is 398 g/mol.